The van der Waals surface area contributed by atoms with Crippen LogP contribution in [0.5, 0.6) is 0 Å². The van der Waals surface area contributed by atoms with Crippen molar-refractivity contribution in [2.45, 2.75) is 6.54 Å². The minimum Gasteiger partial charge on any atom is -0.464 e. The van der Waals surface area contributed by atoms with Crippen LogP contribution in [0, 0.1) is 0 Å². The molecule has 2 rings (SSSR count). The van der Waals surface area contributed by atoms with Crippen LogP contribution in [0.2, 0.25) is 0 Å². The second-order valence-corrected chi connectivity index (χ2v) is 3.42. The first-order valence-corrected chi connectivity index (χ1v) is 5.01. The average molecular weight is 232 g/mol. The number of hydrogen-bond donors (Lipinski definition) is 1. The third-order valence-electron chi connectivity index (χ3n) is 2.32. The Hall–Kier alpha value is -2.37. The summed E-state index contributed by atoms with van der Waals surface area (Å²) in [5.74, 6) is -0.259. The number of hydrogen-bond acceptors (Lipinski definition) is 5. The highest BCUT2D eigenvalue weighted by Crippen LogP contribution is 2.12. The van der Waals surface area contributed by atoms with Gasteiger partial charge in [0.25, 0.3) is 0 Å². The maximum Gasteiger partial charge on any atom is 0.360 e. The van der Waals surface area contributed by atoms with Gasteiger partial charge in [-0.15, -0.1) is 0 Å². The summed E-state index contributed by atoms with van der Waals surface area (Å²) in [6.07, 6.45) is 3.19. The van der Waals surface area contributed by atoms with Crippen molar-refractivity contribution in [2.24, 2.45) is 0 Å². The molecule has 0 aliphatic heterocycles. The number of carbonyl (C=O) groups is 1. The maximum absolute atomic E-state index is 11.3. The van der Waals surface area contributed by atoms with E-state index in [4.69, 9.17) is 5.73 Å². The second-order valence-electron chi connectivity index (χ2n) is 3.42. The molecular formula is C11H12N4O2. The number of pyridine rings is 1. The maximum atomic E-state index is 11.3. The smallest absolute Gasteiger partial charge is 0.360 e. The fourth-order valence-electron chi connectivity index (χ4n) is 1.44. The number of ether oxygens (including phenoxy) is 1. The lowest BCUT2D eigenvalue weighted by Crippen LogP contribution is -2.09. The van der Waals surface area contributed by atoms with Gasteiger partial charge in [0.2, 0.25) is 0 Å². The van der Waals surface area contributed by atoms with E-state index < -0.39 is 5.97 Å². The van der Waals surface area contributed by atoms with Gasteiger partial charge in [-0.25, -0.2) is 9.78 Å². The summed E-state index contributed by atoms with van der Waals surface area (Å²) in [5.41, 5.74) is 6.77. The molecule has 0 unspecified atom stereocenters. The van der Waals surface area contributed by atoms with Gasteiger partial charge in [0.05, 0.1) is 25.7 Å². The topological polar surface area (TPSA) is 83.0 Å². The highest BCUT2D eigenvalue weighted by molar-refractivity contribution is 5.92. The number of imidazole rings is 1. The number of nitrogens with zero attached hydrogens (tertiary/aromatic N) is 3. The fraction of sp³-hybridized carbons (Fsp3) is 0.182. The third-order valence-corrected chi connectivity index (χ3v) is 2.32. The molecule has 0 aliphatic carbocycles. The zero-order valence-electron chi connectivity index (χ0n) is 9.33. The molecule has 2 heterocycles. The van der Waals surface area contributed by atoms with Crippen LogP contribution in [-0.2, 0) is 11.3 Å². The molecular weight excluding hydrogens is 220 g/mol. The average Bonchev–Trinajstić information content (AvgIpc) is 2.72. The van der Waals surface area contributed by atoms with E-state index in [2.05, 4.69) is 14.7 Å². The Kier molecular flexibility index (Phi) is 3.04. The van der Waals surface area contributed by atoms with Gasteiger partial charge >= 0.3 is 5.97 Å². The summed E-state index contributed by atoms with van der Waals surface area (Å²) in [5, 5.41) is 0. The minimum absolute atomic E-state index is 0.128. The summed E-state index contributed by atoms with van der Waals surface area (Å²) in [4.78, 5) is 19.4. The molecule has 2 aromatic heterocycles. The minimum atomic E-state index is -0.540. The van der Waals surface area contributed by atoms with Crippen molar-refractivity contribution in [3.63, 3.8) is 0 Å². The number of esters is 1. The number of nitrogen functional groups attached to an aromatic ring is 1. The molecule has 0 aromatic carbocycles. The van der Waals surface area contributed by atoms with E-state index in [-0.39, 0.29) is 11.5 Å². The molecule has 0 saturated carbocycles. The Balaban J connectivity index is 2.24. The highest BCUT2D eigenvalue weighted by atomic mass is 16.5. The zero-order chi connectivity index (χ0) is 12.3. The van der Waals surface area contributed by atoms with Crippen molar-refractivity contribution in [1.29, 1.82) is 0 Å². The predicted molar refractivity (Wildman–Crippen MR) is 61.3 cm³/mol. The Morgan fingerprint density at radius 3 is 2.94 bits per heavy atom. The number of anilines is 1. The molecule has 6 nitrogen and oxygen atoms in total. The molecule has 88 valence electrons. The fourth-order valence-corrected chi connectivity index (χ4v) is 1.44. The van der Waals surface area contributed by atoms with Crippen LogP contribution >= 0.6 is 0 Å². The van der Waals surface area contributed by atoms with Crippen LogP contribution in [0.25, 0.3) is 0 Å². The molecule has 6 heteroatoms. The SMILES string of the molecule is COC(=O)c1ncn(Cc2ccccn2)c1N. The van der Waals surface area contributed by atoms with Crippen molar-refractivity contribution in [3.8, 4) is 0 Å². The number of carbonyl (C=O) groups excluding carboxylic acids is 1. The lowest BCUT2D eigenvalue weighted by Gasteiger charge is -2.04. The first-order valence-electron chi connectivity index (χ1n) is 5.01. The van der Waals surface area contributed by atoms with Gasteiger partial charge in [-0.2, -0.15) is 0 Å². The molecule has 0 saturated heterocycles. The molecule has 0 bridgehead atoms. The van der Waals surface area contributed by atoms with Crippen molar-refractivity contribution >= 4 is 11.8 Å². The van der Waals surface area contributed by atoms with Crippen molar-refractivity contribution in [2.75, 3.05) is 12.8 Å². The summed E-state index contributed by atoms with van der Waals surface area (Å²) in [6, 6.07) is 5.59. The Bertz CT molecular complexity index is 522. The Labute approximate surface area is 98.1 Å². The molecule has 0 aliphatic rings. The molecule has 0 atom stereocenters. The van der Waals surface area contributed by atoms with Gasteiger partial charge in [0.15, 0.2) is 5.69 Å². The second kappa shape index (κ2) is 4.65. The van der Waals surface area contributed by atoms with E-state index in [1.807, 2.05) is 18.2 Å². The largest absolute Gasteiger partial charge is 0.464 e. The lowest BCUT2D eigenvalue weighted by molar-refractivity contribution is 0.0596. The van der Waals surface area contributed by atoms with Gasteiger partial charge in [-0.05, 0) is 12.1 Å². The number of rotatable bonds is 3. The monoisotopic (exact) mass is 232 g/mol. The molecule has 0 spiro atoms. The van der Waals surface area contributed by atoms with E-state index in [1.54, 1.807) is 10.8 Å². The molecule has 0 amide bonds. The van der Waals surface area contributed by atoms with E-state index in [0.717, 1.165) is 5.69 Å². The predicted octanol–water partition coefficient (Wildman–Crippen LogP) is 0.695. The van der Waals surface area contributed by atoms with Gasteiger partial charge in [0.1, 0.15) is 5.82 Å². The first-order chi connectivity index (χ1) is 8.22. The highest BCUT2D eigenvalue weighted by Gasteiger charge is 2.16. The Morgan fingerprint density at radius 1 is 1.47 bits per heavy atom. The van der Waals surface area contributed by atoms with Gasteiger partial charge in [-0.3, -0.25) is 4.98 Å². The molecule has 2 N–H and O–H groups in total. The van der Waals surface area contributed by atoms with Crippen molar-refractivity contribution in [3.05, 3.63) is 42.1 Å². The van der Waals surface area contributed by atoms with Crippen LogP contribution in [0.3, 0.4) is 0 Å². The summed E-state index contributed by atoms with van der Waals surface area (Å²) >= 11 is 0. The normalized spacial score (nSPS) is 10.2. The summed E-state index contributed by atoms with van der Waals surface area (Å²) in [6.45, 7) is 0.469. The van der Waals surface area contributed by atoms with Crippen LogP contribution in [-0.4, -0.2) is 27.6 Å². The summed E-state index contributed by atoms with van der Waals surface area (Å²) < 4.78 is 6.22. The number of aromatic nitrogens is 3. The van der Waals surface area contributed by atoms with Gasteiger partial charge in [-0.1, -0.05) is 6.07 Å². The first kappa shape index (κ1) is 11.1. The third kappa shape index (κ3) is 2.25. The van der Waals surface area contributed by atoms with Gasteiger partial charge < -0.3 is 15.0 Å². The molecule has 0 radical (unpaired) electrons. The van der Waals surface area contributed by atoms with Crippen LogP contribution in [0.15, 0.2) is 30.7 Å². The van der Waals surface area contributed by atoms with Crippen molar-refractivity contribution < 1.29 is 9.53 Å². The molecule has 2 aromatic rings. The van der Waals surface area contributed by atoms with Crippen molar-refractivity contribution in [1.82, 2.24) is 14.5 Å². The quantitative estimate of drug-likeness (QED) is 0.787. The lowest BCUT2D eigenvalue weighted by atomic mass is 10.3. The molecule has 17 heavy (non-hydrogen) atoms. The van der Waals surface area contributed by atoms with Crippen LogP contribution in [0.4, 0.5) is 5.82 Å². The van der Waals surface area contributed by atoms with E-state index in [1.165, 1.54) is 13.4 Å². The number of methoxy groups -OCH3 is 1. The van der Waals surface area contributed by atoms with E-state index in [9.17, 15) is 4.79 Å². The van der Waals surface area contributed by atoms with Crippen LogP contribution in [0.1, 0.15) is 16.2 Å². The zero-order valence-corrected chi connectivity index (χ0v) is 9.33. The number of nitrogens with two attached hydrogens (primary N) is 1. The Morgan fingerprint density at radius 2 is 2.29 bits per heavy atom. The molecule has 0 fully saturated rings. The van der Waals surface area contributed by atoms with Crippen LogP contribution < -0.4 is 5.73 Å². The van der Waals surface area contributed by atoms with E-state index in [0.29, 0.717) is 6.54 Å². The van der Waals surface area contributed by atoms with Gasteiger partial charge in [0, 0.05) is 6.20 Å². The standard InChI is InChI=1S/C11H12N4O2/c1-17-11(16)9-10(12)15(7-14-9)6-8-4-2-3-5-13-8/h2-5,7H,6,12H2,1H3. The van der Waals surface area contributed by atoms with E-state index >= 15 is 0 Å². The summed E-state index contributed by atoms with van der Waals surface area (Å²) in [7, 11) is 1.29.